The van der Waals surface area contributed by atoms with E-state index in [4.69, 9.17) is 0 Å². The summed E-state index contributed by atoms with van der Waals surface area (Å²) >= 11 is 0. The van der Waals surface area contributed by atoms with Crippen molar-refractivity contribution in [3.63, 3.8) is 0 Å². The molecule has 3 aromatic rings. The Morgan fingerprint density at radius 1 is 1.16 bits per heavy atom. The fraction of sp³-hybridized carbons (Fsp3) is 0.238. The van der Waals surface area contributed by atoms with Crippen molar-refractivity contribution in [2.45, 2.75) is 26.2 Å². The average molecular weight is 334 g/mol. The number of aromatic nitrogens is 2. The molecule has 2 aromatic carbocycles. The molecule has 1 unspecified atom stereocenters. The van der Waals surface area contributed by atoms with Crippen LogP contribution in [0.1, 0.15) is 43.1 Å². The van der Waals surface area contributed by atoms with E-state index in [2.05, 4.69) is 30.7 Å². The molecule has 3 nitrogen and oxygen atoms in total. The van der Waals surface area contributed by atoms with Crippen molar-refractivity contribution >= 4 is 10.9 Å². The number of hydrogen-bond acceptors (Lipinski definition) is 2. The summed E-state index contributed by atoms with van der Waals surface area (Å²) in [6, 6.07) is 11.5. The lowest BCUT2D eigenvalue weighted by atomic mass is 10.1. The van der Waals surface area contributed by atoms with Gasteiger partial charge in [-0.2, -0.15) is 0 Å². The first-order valence-electron chi connectivity index (χ1n) is 8.28. The van der Waals surface area contributed by atoms with Gasteiger partial charge in [-0.05, 0) is 42.8 Å². The highest BCUT2D eigenvalue weighted by atomic mass is 19.1. The van der Waals surface area contributed by atoms with Gasteiger partial charge in [-0.1, -0.05) is 31.8 Å². The summed E-state index contributed by atoms with van der Waals surface area (Å²) in [4.78, 5) is 17.2. The second kappa shape index (κ2) is 6.90. The van der Waals surface area contributed by atoms with E-state index in [1.165, 1.54) is 12.1 Å². The van der Waals surface area contributed by atoms with Crippen molar-refractivity contribution in [2.75, 3.05) is 0 Å². The predicted octanol–water partition coefficient (Wildman–Crippen LogP) is 3.99. The van der Waals surface area contributed by atoms with Crippen LogP contribution in [0.2, 0.25) is 0 Å². The number of halogens is 1. The molecule has 3 rings (SSSR count). The van der Waals surface area contributed by atoms with E-state index >= 15 is 0 Å². The molecule has 4 heteroatoms. The highest BCUT2D eigenvalue weighted by molar-refractivity contribution is 5.79. The van der Waals surface area contributed by atoms with Crippen LogP contribution in [-0.2, 0) is 7.05 Å². The second-order valence-corrected chi connectivity index (χ2v) is 6.14. The van der Waals surface area contributed by atoms with Gasteiger partial charge in [0.2, 0.25) is 0 Å². The van der Waals surface area contributed by atoms with Gasteiger partial charge in [-0.25, -0.2) is 9.37 Å². The third-order valence-electron chi connectivity index (χ3n) is 4.34. The first kappa shape index (κ1) is 16.9. The monoisotopic (exact) mass is 334 g/mol. The maximum atomic E-state index is 13.2. The summed E-state index contributed by atoms with van der Waals surface area (Å²) in [5.41, 5.74) is 1.94. The SMILES string of the molecule is CCC(C)c1nc2cc(C#Cc3cccc(F)c3)ccc2c(=O)n1C. The predicted molar refractivity (Wildman–Crippen MR) is 98.1 cm³/mol. The molecule has 25 heavy (non-hydrogen) atoms. The Kier molecular flexibility index (Phi) is 4.67. The molecule has 0 radical (unpaired) electrons. The summed E-state index contributed by atoms with van der Waals surface area (Å²) in [7, 11) is 1.76. The molecule has 0 aliphatic heterocycles. The summed E-state index contributed by atoms with van der Waals surface area (Å²) in [5.74, 6) is 6.61. The summed E-state index contributed by atoms with van der Waals surface area (Å²) in [6.07, 6.45) is 0.908. The standard InChI is InChI=1S/C21H19FN2O/c1-4-14(2)20-23-19-13-16(10-11-18(19)21(25)24(20)3)9-8-15-6-5-7-17(22)12-15/h5-7,10-14H,4H2,1-3H3. The van der Waals surface area contributed by atoms with Gasteiger partial charge < -0.3 is 0 Å². The molecule has 0 aliphatic carbocycles. The molecule has 0 bridgehead atoms. The Bertz CT molecular complexity index is 1060. The summed E-state index contributed by atoms with van der Waals surface area (Å²) < 4.78 is 14.8. The number of fused-ring (bicyclic) bond motifs is 1. The molecule has 1 aromatic heterocycles. The number of nitrogens with zero attached hydrogens (tertiary/aromatic N) is 2. The fourth-order valence-electron chi connectivity index (χ4n) is 2.70. The smallest absolute Gasteiger partial charge is 0.261 e. The zero-order chi connectivity index (χ0) is 18.0. The van der Waals surface area contributed by atoms with E-state index in [1.54, 1.807) is 35.9 Å². The number of rotatable bonds is 2. The molecule has 0 saturated heterocycles. The number of benzene rings is 2. The van der Waals surface area contributed by atoms with E-state index in [0.717, 1.165) is 17.8 Å². The van der Waals surface area contributed by atoms with E-state index in [9.17, 15) is 9.18 Å². The van der Waals surface area contributed by atoms with Gasteiger partial charge in [0.25, 0.3) is 5.56 Å². The van der Waals surface area contributed by atoms with Crippen molar-refractivity contribution in [3.05, 3.63) is 75.6 Å². The first-order chi connectivity index (χ1) is 12.0. The molecule has 0 spiro atoms. The lowest BCUT2D eigenvalue weighted by molar-refractivity contribution is 0.620. The van der Waals surface area contributed by atoms with E-state index < -0.39 is 0 Å². The van der Waals surface area contributed by atoms with Gasteiger partial charge in [0.1, 0.15) is 11.6 Å². The third kappa shape index (κ3) is 3.46. The van der Waals surface area contributed by atoms with Gasteiger partial charge in [-0.15, -0.1) is 0 Å². The van der Waals surface area contributed by atoms with Gasteiger partial charge in [0.15, 0.2) is 0 Å². The van der Waals surface area contributed by atoms with E-state index in [-0.39, 0.29) is 17.3 Å². The Morgan fingerprint density at radius 2 is 1.88 bits per heavy atom. The zero-order valence-corrected chi connectivity index (χ0v) is 14.5. The van der Waals surface area contributed by atoms with Crippen molar-refractivity contribution in [1.82, 2.24) is 9.55 Å². The zero-order valence-electron chi connectivity index (χ0n) is 14.5. The molecule has 0 N–H and O–H groups in total. The minimum absolute atomic E-state index is 0.0510. The molecular formula is C21H19FN2O. The minimum Gasteiger partial charge on any atom is -0.299 e. The van der Waals surface area contributed by atoms with Crippen LogP contribution < -0.4 is 5.56 Å². The molecular weight excluding hydrogens is 315 g/mol. The van der Waals surface area contributed by atoms with E-state index in [1.807, 2.05) is 6.07 Å². The Morgan fingerprint density at radius 3 is 2.56 bits per heavy atom. The van der Waals surface area contributed by atoms with Crippen LogP contribution in [0.5, 0.6) is 0 Å². The molecule has 0 amide bonds. The largest absolute Gasteiger partial charge is 0.299 e. The van der Waals surface area contributed by atoms with Crippen molar-refractivity contribution in [2.24, 2.45) is 7.05 Å². The quantitative estimate of drug-likeness (QED) is 0.664. The van der Waals surface area contributed by atoms with Gasteiger partial charge in [0.05, 0.1) is 10.9 Å². The number of hydrogen-bond donors (Lipinski definition) is 0. The van der Waals surface area contributed by atoms with Crippen LogP contribution >= 0.6 is 0 Å². The van der Waals surface area contributed by atoms with Crippen molar-refractivity contribution in [3.8, 4) is 11.8 Å². The maximum Gasteiger partial charge on any atom is 0.261 e. The second-order valence-electron chi connectivity index (χ2n) is 6.14. The average Bonchev–Trinajstić information content (AvgIpc) is 2.62. The third-order valence-corrected chi connectivity index (χ3v) is 4.34. The van der Waals surface area contributed by atoms with Crippen LogP contribution in [0.25, 0.3) is 10.9 Å². The lowest BCUT2D eigenvalue weighted by Gasteiger charge is -2.14. The van der Waals surface area contributed by atoms with Crippen molar-refractivity contribution in [1.29, 1.82) is 0 Å². The first-order valence-corrected chi connectivity index (χ1v) is 8.28. The Labute approximate surface area is 146 Å². The van der Waals surface area contributed by atoms with Crippen LogP contribution in [0, 0.1) is 17.7 Å². The van der Waals surface area contributed by atoms with E-state index in [0.29, 0.717) is 16.5 Å². The van der Waals surface area contributed by atoms with Crippen molar-refractivity contribution < 1.29 is 4.39 Å². The maximum absolute atomic E-state index is 13.2. The molecule has 0 aliphatic rings. The Hall–Kier alpha value is -2.93. The van der Waals surface area contributed by atoms with Crippen LogP contribution in [-0.4, -0.2) is 9.55 Å². The van der Waals surface area contributed by atoms with Crippen LogP contribution in [0.3, 0.4) is 0 Å². The normalized spacial score (nSPS) is 11.8. The molecule has 0 saturated carbocycles. The van der Waals surface area contributed by atoms with Gasteiger partial charge in [-0.3, -0.25) is 9.36 Å². The highest BCUT2D eigenvalue weighted by Gasteiger charge is 2.13. The summed E-state index contributed by atoms with van der Waals surface area (Å²) in [5, 5.41) is 0.575. The minimum atomic E-state index is -0.311. The molecule has 1 atom stereocenters. The molecule has 1 heterocycles. The fourth-order valence-corrected chi connectivity index (χ4v) is 2.70. The summed E-state index contributed by atoms with van der Waals surface area (Å²) in [6.45, 7) is 4.13. The van der Waals surface area contributed by atoms with Crippen LogP contribution in [0.4, 0.5) is 4.39 Å². The molecule has 0 fully saturated rings. The lowest BCUT2D eigenvalue weighted by Crippen LogP contribution is -2.23. The highest BCUT2D eigenvalue weighted by Crippen LogP contribution is 2.18. The molecule has 126 valence electrons. The van der Waals surface area contributed by atoms with Crippen LogP contribution in [0.15, 0.2) is 47.3 Å². The van der Waals surface area contributed by atoms with Gasteiger partial charge in [0, 0.05) is 24.1 Å². The topological polar surface area (TPSA) is 34.9 Å². The van der Waals surface area contributed by atoms with Gasteiger partial charge >= 0.3 is 0 Å². The Balaban J connectivity index is 2.08.